The first-order valence-electron chi connectivity index (χ1n) is 7.22. The zero-order valence-electron chi connectivity index (χ0n) is 12.8. The minimum Gasteiger partial charge on any atom is -0.326 e. The third-order valence-electron chi connectivity index (χ3n) is 3.57. The molecule has 2 aromatic rings. The van der Waals surface area contributed by atoms with E-state index in [-0.39, 0.29) is 23.3 Å². The molecule has 1 fully saturated rings. The van der Waals surface area contributed by atoms with Crippen LogP contribution in [0.3, 0.4) is 0 Å². The monoisotopic (exact) mass is 348 g/mol. The van der Waals surface area contributed by atoms with Gasteiger partial charge < -0.3 is 5.32 Å². The number of hydrogen-bond donors (Lipinski definition) is 1. The minimum atomic E-state index is -0.798. The van der Waals surface area contributed by atoms with Crippen LogP contribution in [0.2, 0.25) is 0 Å². The van der Waals surface area contributed by atoms with Crippen molar-refractivity contribution in [1.82, 2.24) is 0 Å². The van der Waals surface area contributed by atoms with E-state index in [1.165, 1.54) is 29.7 Å². The number of thioether (sulfide) groups is 1. The fourth-order valence-corrected chi connectivity index (χ4v) is 3.81. The molecule has 2 amide bonds. The van der Waals surface area contributed by atoms with Crippen molar-refractivity contribution in [2.45, 2.75) is 12.3 Å². The lowest BCUT2D eigenvalue weighted by atomic mass is 10.1. The number of rotatable bonds is 3. The Labute approximate surface area is 141 Å². The first-order chi connectivity index (χ1) is 11.5. The number of para-hydroxylation sites is 1. The van der Waals surface area contributed by atoms with E-state index in [0.29, 0.717) is 11.3 Å². The van der Waals surface area contributed by atoms with Gasteiger partial charge in [0, 0.05) is 24.2 Å². The van der Waals surface area contributed by atoms with Gasteiger partial charge in [0.1, 0.15) is 17.0 Å². The van der Waals surface area contributed by atoms with Gasteiger partial charge in [-0.25, -0.2) is 8.78 Å². The van der Waals surface area contributed by atoms with Gasteiger partial charge in [0.05, 0.1) is 11.4 Å². The maximum Gasteiger partial charge on any atom is 0.238 e. The second-order valence-corrected chi connectivity index (χ2v) is 6.36. The standard InChI is InChI=1S/C17H14F2N2O2S/c1-10(22)20-14-5-3-2-4-12(14)17-21(16(23)9-24-17)15-7-6-11(18)8-13(15)19/h2-8,17H,9H2,1H3,(H,20,22)/t17-/m1/s1. The molecule has 1 saturated heterocycles. The Kier molecular flexibility index (Phi) is 4.53. The molecule has 1 aliphatic rings. The number of anilines is 2. The summed E-state index contributed by atoms with van der Waals surface area (Å²) >= 11 is 1.33. The molecule has 0 aliphatic carbocycles. The molecule has 4 nitrogen and oxygen atoms in total. The number of amides is 2. The zero-order chi connectivity index (χ0) is 17.3. The molecule has 24 heavy (non-hydrogen) atoms. The highest BCUT2D eigenvalue weighted by molar-refractivity contribution is 8.00. The predicted molar refractivity (Wildman–Crippen MR) is 89.8 cm³/mol. The normalized spacial score (nSPS) is 17.2. The molecule has 1 heterocycles. The molecule has 0 aromatic heterocycles. The summed E-state index contributed by atoms with van der Waals surface area (Å²) in [5, 5.41) is 2.22. The number of benzene rings is 2. The second kappa shape index (κ2) is 6.60. The van der Waals surface area contributed by atoms with Crippen LogP contribution in [0.25, 0.3) is 0 Å². The Balaban J connectivity index is 2.04. The van der Waals surface area contributed by atoms with Crippen LogP contribution >= 0.6 is 11.8 Å². The molecule has 0 spiro atoms. The summed E-state index contributed by atoms with van der Waals surface area (Å²) in [5.41, 5.74) is 1.27. The van der Waals surface area contributed by atoms with Crippen molar-refractivity contribution >= 4 is 35.0 Å². The number of carbonyl (C=O) groups is 2. The Morgan fingerprint density at radius 3 is 2.71 bits per heavy atom. The number of hydrogen-bond acceptors (Lipinski definition) is 3. The van der Waals surface area contributed by atoms with Crippen LogP contribution in [0.15, 0.2) is 42.5 Å². The van der Waals surface area contributed by atoms with Gasteiger partial charge in [-0.05, 0) is 18.2 Å². The number of halogens is 2. The summed E-state index contributed by atoms with van der Waals surface area (Å²) in [6.07, 6.45) is 0. The molecule has 1 aliphatic heterocycles. The largest absolute Gasteiger partial charge is 0.326 e. The Morgan fingerprint density at radius 1 is 1.25 bits per heavy atom. The second-order valence-electron chi connectivity index (χ2n) is 5.29. The molecule has 0 saturated carbocycles. The molecule has 1 atom stereocenters. The van der Waals surface area contributed by atoms with Crippen molar-refractivity contribution in [2.24, 2.45) is 0 Å². The minimum absolute atomic E-state index is 0.0222. The van der Waals surface area contributed by atoms with Gasteiger partial charge in [0.25, 0.3) is 0 Å². The average Bonchev–Trinajstić information content (AvgIpc) is 2.89. The van der Waals surface area contributed by atoms with Crippen molar-refractivity contribution in [1.29, 1.82) is 0 Å². The number of carbonyl (C=O) groups excluding carboxylic acids is 2. The number of nitrogens with zero attached hydrogens (tertiary/aromatic N) is 1. The SMILES string of the molecule is CC(=O)Nc1ccccc1[C@H]1SCC(=O)N1c1ccc(F)cc1F. The highest BCUT2D eigenvalue weighted by atomic mass is 32.2. The fraction of sp³-hybridized carbons (Fsp3) is 0.176. The maximum atomic E-state index is 14.2. The summed E-state index contributed by atoms with van der Waals surface area (Å²) in [6, 6.07) is 10.2. The van der Waals surface area contributed by atoms with Crippen LogP contribution in [0, 0.1) is 11.6 Å². The van der Waals surface area contributed by atoms with E-state index in [4.69, 9.17) is 0 Å². The van der Waals surface area contributed by atoms with Gasteiger partial charge in [-0.15, -0.1) is 11.8 Å². The molecular weight excluding hydrogens is 334 g/mol. The predicted octanol–water partition coefficient (Wildman–Crippen LogP) is 3.70. The fourth-order valence-electron chi connectivity index (χ4n) is 2.61. The molecule has 0 bridgehead atoms. The van der Waals surface area contributed by atoms with Crippen LogP contribution in [0.4, 0.5) is 20.2 Å². The van der Waals surface area contributed by atoms with Crippen molar-refractivity contribution in [3.05, 3.63) is 59.7 Å². The summed E-state index contributed by atoms with van der Waals surface area (Å²) in [4.78, 5) is 25.0. The molecule has 7 heteroatoms. The van der Waals surface area contributed by atoms with Crippen LogP contribution < -0.4 is 10.2 Å². The van der Waals surface area contributed by atoms with Crippen molar-refractivity contribution < 1.29 is 18.4 Å². The topological polar surface area (TPSA) is 49.4 Å². The first kappa shape index (κ1) is 16.4. The van der Waals surface area contributed by atoms with E-state index >= 15 is 0 Å². The zero-order valence-corrected chi connectivity index (χ0v) is 13.6. The van der Waals surface area contributed by atoms with Gasteiger partial charge in [0.15, 0.2) is 0 Å². The van der Waals surface area contributed by atoms with E-state index in [0.717, 1.165) is 12.1 Å². The summed E-state index contributed by atoms with van der Waals surface area (Å²) in [5.74, 6) is -1.83. The van der Waals surface area contributed by atoms with Crippen molar-refractivity contribution in [3.63, 3.8) is 0 Å². The highest BCUT2D eigenvalue weighted by Gasteiger charge is 2.36. The summed E-state index contributed by atoms with van der Waals surface area (Å²) in [7, 11) is 0. The van der Waals surface area contributed by atoms with E-state index < -0.39 is 17.0 Å². The van der Waals surface area contributed by atoms with Gasteiger partial charge >= 0.3 is 0 Å². The summed E-state index contributed by atoms with van der Waals surface area (Å²) in [6.45, 7) is 1.39. The van der Waals surface area contributed by atoms with Gasteiger partial charge in [-0.1, -0.05) is 18.2 Å². The van der Waals surface area contributed by atoms with Gasteiger partial charge in [-0.2, -0.15) is 0 Å². The van der Waals surface area contributed by atoms with Crippen LogP contribution in [-0.4, -0.2) is 17.6 Å². The van der Waals surface area contributed by atoms with E-state index in [2.05, 4.69) is 5.32 Å². The third-order valence-corrected chi connectivity index (χ3v) is 4.77. The molecule has 2 aromatic carbocycles. The molecule has 1 N–H and O–H groups in total. The number of nitrogens with one attached hydrogen (secondary N) is 1. The Bertz CT molecular complexity index is 813. The van der Waals surface area contributed by atoms with Crippen molar-refractivity contribution in [3.8, 4) is 0 Å². The lowest BCUT2D eigenvalue weighted by Gasteiger charge is -2.26. The molecule has 124 valence electrons. The smallest absolute Gasteiger partial charge is 0.238 e. The average molecular weight is 348 g/mol. The highest BCUT2D eigenvalue weighted by Crippen LogP contribution is 2.44. The third kappa shape index (κ3) is 3.12. The Hall–Kier alpha value is -2.41. The molecule has 0 radical (unpaired) electrons. The van der Waals surface area contributed by atoms with Crippen LogP contribution in [0.1, 0.15) is 17.9 Å². The lowest BCUT2D eigenvalue weighted by Crippen LogP contribution is -2.29. The maximum absolute atomic E-state index is 14.2. The summed E-state index contributed by atoms with van der Waals surface area (Å²) < 4.78 is 27.3. The van der Waals surface area contributed by atoms with Gasteiger partial charge in [0.2, 0.25) is 11.8 Å². The van der Waals surface area contributed by atoms with E-state index in [9.17, 15) is 18.4 Å². The van der Waals surface area contributed by atoms with E-state index in [1.807, 2.05) is 0 Å². The van der Waals surface area contributed by atoms with Crippen molar-refractivity contribution in [2.75, 3.05) is 16.0 Å². The first-order valence-corrected chi connectivity index (χ1v) is 8.27. The quantitative estimate of drug-likeness (QED) is 0.920. The molecular formula is C17H14F2N2O2S. The van der Waals surface area contributed by atoms with Gasteiger partial charge in [-0.3, -0.25) is 14.5 Å². The molecule has 0 unspecified atom stereocenters. The Morgan fingerprint density at radius 2 is 2.00 bits per heavy atom. The van der Waals surface area contributed by atoms with Crippen LogP contribution in [-0.2, 0) is 9.59 Å². The van der Waals surface area contributed by atoms with Crippen LogP contribution in [0.5, 0.6) is 0 Å². The molecule has 3 rings (SSSR count). The lowest BCUT2D eigenvalue weighted by molar-refractivity contribution is -0.116. The van der Waals surface area contributed by atoms with E-state index in [1.54, 1.807) is 24.3 Å².